The Balaban J connectivity index is 3.06. The van der Waals surface area contributed by atoms with E-state index in [1.54, 1.807) is 38.1 Å². The van der Waals surface area contributed by atoms with Crippen molar-refractivity contribution < 1.29 is 9.18 Å². The molecule has 3 nitrogen and oxygen atoms in total. The summed E-state index contributed by atoms with van der Waals surface area (Å²) in [7, 11) is 3.54. The molecule has 0 saturated heterocycles. The minimum Gasteiger partial charge on any atom is -0.375 e. The Morgan fingerprint density at radius 3 is 2.60 bits per heavy atom. The highest BCUT2D eigenvalue weighted by Gasteiger charge is 2.09. The van der Waals surface area contributed by atoms with Crippen LogP contribution < -0.4 is 4.90 Å². The number of anilines is 1. The zero-order chi connectivity index (χ0) is 11.4. The van der Waals surface area contributed by atoms with Gasteiger partial charge in [0.05, 0.1) is 11.7 Å². The summed E-state index contributed by atoms with van der Waals surface area (Å²) in [6.45, 7) is 1.72. The molecule has 15 heavy (non-hydrogen) atoms. The first kappa shape index (κ1) is 11.4. The maximum Gasteiger partial charge on any atom is 0.235 e. The Labute approximate surface area is 88.2 Å². The fraction of sp³-hybridized carbons (Fsp3) is 0.364. The Kier molecular flexibility index (Phi) is 3.58. The van der Waals surface area contributed by atoms with Gasteiger partial charge in [-0.2, -0.15) is 4.99 Å². The van der Waals surface area contributed by atoms with Crippen molar-refractivity contribution in [3.63, 3.8) is 0 Å². The Hall–Kier alpha value is -1.67. The van der Waals surface area contributed by atoms with Crippen LogP contribution >= 0.6 is 0 Å². The van der Waals surface area contributed by atoms with E-state index in [1.807, 2.05) is 0 Å². The average Bonchev–Trinajstić information content (AvgIpc) is 2.17. The lowest BCUT2D eigenvalue weighted by Crippen LogP contribution is -2.10. The van der Waals surface area contributed by atoms with Crippen LogP contribution in [-0.2, 0) is 4.79 Å². The smallest absolute Gasteiger partial charge is 0.235 e. The van der Waals surface area contributed by atoms with Crippen LogP contribution in [0.25, 0.3) is 0 Å². The molecule has 0 aliphatic heterocycles. The third-order valence-electron chi connectivity index (χ3n) is 2.18. The lowest BCUT2D eigenvalue weighted by atomic mass is 10.1. The molecule has 0 heterocycles. The van der Waals surface area contributed by atoms with Gasteiger partial charge in [-0.25, -0.2) is 9.18 Å². The van der Waals surface area contributed by atoms with Crippen molar-refractivity contribution in [2.75, 3.05) is 19.0 Å². The van der Waals surface area contributed by atoms with Crippen LogP contribution in [0.4, 0.5) is 10.1 Å². The van der Waals surface area contributed by atoms with Gasteiger partial charge in [0.15, 0.2) is 0 Å². The number of halogens is 1. The number of nitrogens with zero attached hydrogens (tertiary/aromatic N) is 2. The maximum atomic E-state index is 13.5. The molecule has 0 aliphatic carbocycles. The second-order valence-corrected chi connectivity index (χ2v) is 3.50. The van der Waals surface area contributed by atoms with Crippen molar-refractivity contribution in [2.24, 2.45) is 4.99 Å². The van der Waals surface area contributed by atoms with E-state index in [1.165, 1.54) is 12.1 Å². The summed E-state index contributed by atoms with van der Waals surface area (Å²) >= 11 is 0. The predicted octanol–water partition coefficient (Wildman–Crippen LogP) is 2.29. The molecule has 0 aromatic heterocycles. The normalized spacial score (nSPS) is 11.7. The molecular formula is C11H13FN2O. The summed E-state index contributed by atoms with van der Waals surface area (Å²) in [5.74, 6) is -0.314. The molecule has 1 unspecified atom stereocenters. The predicted molar refractivity (Wildman–Crippen MR) is 57.3 cm³/mol. The fourth-order valence-electron chi connectivity index (χ4n) is 1.30. The Morgan fingerprint density at radius 1 is 1.47 bits per heavy atom. The van der Waals surface area contributed by atoms with Gasteiger partial charge in [0.1, 0.15) is 5.82 Å². The summed E-state index contributed by atoms with van der Waals surface area (Å²) < 4.78 is 13.5. The lowest BCUT2D eigenvalue weighted by Gasteiger charge is -2.14. The van der Waals surface area contributed by atoms with E-state index in [-0.39, 0.29) is 11.9 Å². The van der Waals surface area contributed by atoms with E-state index in [9.17, 15) is 9.18 Å². The molecule has 0 bridgehead atoms. The topological polar surface area (TPSA) is 32.7 Å². The van der Waals surface area contributed by atoms with Crippen LogP contribution in [0.5, 0.6) is 0 Å². The second kappa shape index (κ2) is 4.71. The van der Waals surface area contributed by atoms with E-state index >= 15 is 0 Å². The minimum absolute atomic E-state index is 0.314. The van der Waals surface area contributed by atoms with Crippen molar-refractivity contribution in [2.45, 2.75) is 13.0 Å². The molecule has 0 radical (unpaired) electrons. The van der Waals surface area contributed by atoms with Crippen LogP contribution in [0, 0.1) is 5.82 Å². The van der Waals surface area contributed by atoms with Gasteiger partial charge in [-0.15, -0.1) is 0 Å². The molecule has 0 aliphatic rings. The standard InChI is InChI=1S/C11H13FN2O/c1-8(13-7-15)9-4-5-11(14(2)3)10(12)6-9/h4-6,8H,1-3H3. The lowest BCUT2D eigenvalue weighted by molar-refractivity contribution is 0.559. The van der Waals surface area contributed by atoms with Gasteiger partial charge in [-0.1, -0.05) is 6.07 Å². The second-order valence-electron chi connectivity index (χ2n) is 3.50. The first-order chi connectivity index (χ1) is 7.06. The summed E-state index contributed by atoms with van der Waals surface area (Å²) in [5.41, 5.74) is 1.18. The van der Waals surface area contributed by atoms with Crippen molar-refractivity contribution in [3.05, 3.63) is 29.6 Å². The highest BCUT2D eigenvalue weighted by atomic mass is 19.1. The summed E-state index contributed by atoms with van der Waals surface area (Å²) in [4.78, 5) is 15.3. The molecule has 0 N–H and O–H groups in total. The first-order valence-electron chi connectivity index (χ1n) is 4.60. The number of hydrogen-bond donors (Lipinski definition) is 0. The molecule has 1 aromatic carbocycles. The van der Waals surface area contributed by atoms with Crippen molar-refractivity contribution in [1.82, 2.24) is 0 Å². The van der Waals surface area contributed by atoms with Gasteiger partial charge in [0, 0.05) is 14.1 Å². The number of isocyanates is 1. The molecule has 4 heteroatoms. The van der Waals surface area contributed by atoms with Crippen LogP contribution in [-0.4, -0.2) is 20.2 Å². The molecule has 1 aromatic rings. The summed E-state index contributed by atoms with van der Waals surface area (Å²) in [5, 5.41) is 0. The third kappa shape index (κ3) is 2.64. The number of carbonyl (C=O) groups excluding carboxylic acids is 1. The maximum absolute atomic E-state index is 13.5. The summed E-state index contributed by atoms with van der Waals surface area (Å²) in [6, 6.07) is 4.46. The third-order valence-corrected chi connectivity index (χ3v) is 2.18. The molecule has 0 saturated carbocycles. The van der Waals surface area contributed by atoms with E-state index in [0.29, 0.717) is 11.3 Å². The minimum atomic E-state index is -0.354. The van der Waals surface area contributed by atoms with E-state index < -0.39 is 0 Å². The number of rotatable bonds is 3. The molecular weight excluding hydrogens is 195 g/mol. The SMILES string of the molecule is CC(N=C=O)c1ccc(N(C)C)c(F)c1. The average molecular weight is 208 g/mol. The van der Waals surface area contributed by atoms with Gasteiger partial charge in [-0.05, 0) is 24.6 Å². The zero-order valence-electron chi connectivity index (χ0n) is 8.99. The molecule has 1 atom stereocenters. The number of benzene rings is 1. The van der Waals surface area contributed by atoms with Crippen LogP contribution in [0.1, 0.15) is 18.5 Å². The van der Waals surface area contributed by atoms with Gasteiger partial charge >= 0.3 is 0 Å². The monoisotopic (exact) mass is 208 g/mol. The van der Waals surface area contributed by atoms with Crippen LogP contribution in [0.15, 0.2) is 23.2 Å². The van der Waals surface area contributed by atoms with Gasteiger partial charge in [0.25, 0.3) is 0 Å². The van der Waals surface area contributed by atoms with E-state index in [0.717, 1.165) is 0 Å². The molecule has 0 spiro atoms. The number of aliphatic imine (C=N–C) groups is 1. The van der Waals surface area contributed by atoms with Gasteiger partial charge in [-0.3, -0.25) is 0 Å². The van der Waals surface area contributed by atoms with Crippen LogP contribution in [0.3, 0.4) is 0 Å². The van der Waals surface area contributed by atoms with Crippen molar-refractivity contribution in [3.8, 4) is 0 Å². The summed E-state index contributed by atoms with van der Waals surface area (Å²) in [6.07, 6.45) is 1.46. The first-order valence-corrected chi connectivity index (χ1v) is 4.60. The van der Waals surface area contributed by atoms with Crippen molar-refractivity contribution in [1.29, 1.82) is 0 Å². The van der Waals surface area contributed by atoms with Gasteiger partial charge < -0.3 is 4.90 Å². The quantitative estimate of drug-likeness (QED) is 0.564. The number of hydrogen-bond acceptors (Lipinski definition) is 3. The van der Waals surface area contributed by atoms with Crippen molar-refractivity contribution >= 4 is 11.8 Å². The van der Waals surface area contributed by atoms with E-state index in [2.05, 4.69) is 4.99 Å². The van der Waals surface area contributed by atoms with Crippen LogP contribution in [0.2, 0.25) is 0 Å². The Bertz CT molecular complexity index is 398. The molecule has 0 amide bonds. The largest absolute Gasteiger partial charge is 0.375 e. The van der Waals surface area contributed by atoms with E-state index in [4.69, 9.17) is 0 Å². The highest BCUT2D eigenvalue weighted by Crippen LogP contribution is 2.23. The molecule has 80 valence electrons. The highest BCUT2D eigenvalue weighted by molar-refractivity contribution is 5.48. The zero-order valence-corrected chi connectivity index (χ0v) is 8.99. The molecule has 0 fully saturated rings. The fourth-order valence-corrected chi connectivity index (χ4v) is 1.30. The molecule has 1 rings (SSSR count). The Morgan fingerprint density at radius 2 is 2.13 bits per heavy atom. The van der Waals surface area contributed by atoms with Gasteiger partial charge in [0.2, 0.25) is 6.08 Å².